The molecular weight excluding hydrogens is 1510 g/mol. The molecule has 12 nitrogen and oxygen atoms in total. The molecule has 12 heteroatoms. The van der Waals surface area contributed by atoms with Crippen LogP contribution >= 0.6 is 0 Å². The molecule has 0 aliphatic rings. The molecule has 0 heterocycles. The molecule has 0 aromatic heterocycles. The number of carbonyl (C=O) groups is 4. The van der Waals surface area contributed by atoms with Crippen molar-refractivity contribution in [1.82, 2.24) is 0 Å². The van der Waals surface area contributed by atoms with E-state index in [1.54, 1.807) is 48.5 Å². The second kappa shape index (κ2) is 32.6. The summed E-state index contributed by atoms with van der Waals surface area (Å²) >= 11 is 0. The Labute approximate surface area is 701 Å². The maximum atomic E-state index is 13.0. The molecule has 0 aliphatic heterocycles. The number of methoxy groups -OCH3 is 2. The van der Waals surface area contributed by atoms with E-state index >= 15 is 0 Å². The molecule has 0 atom stereocenters. The highest BCUT2D eigenvalue weighted by Gasteiger charge is 2.28. The van der Waals surface area contributed by atoms with E-state index in [1.165, 1.54) is 14.2 Å². The minimum absolute atomic E-state index is 0.143. The summed E-state index contributed by atoms with van der Waals surface area (Å²) in [6, 6.07) is 126. The van der Waals surface area contributed by atoms with Gasteiger partial charge in [-0.1, -0.05) is 291 Å². The van der Waals surface area contributed by atoms with Crippen molar-refractivity contribution in [3.63, 3.8) is 0 Å². The number of benzene rings is 20. The number of carboxylic acids is 2. The van der Waals surface area contributed by atoms with Gasteiger partial charge in [0, 0.05) is 44.5 Å². The van der Waals surface area contributed by atoms with Crippen LogP contribution in [0.3, 0.4) is 0 Å². The van der Waals surface area contributed by atoms with Gasteiger partial charge in [0.15, 0.2) is 0 Å². The Morgan fingerprint density at radius 2 is 0.377 bits per heavy atom. The Morgan fingerprint density at radius 1 is 0.189 bits per heavy atom. The molecule has 0 amide bonds. The lowest BCUT2D eigenvalue weighted by molar-refractivity contribution is 0.0592. The quantitative estimate of drug-likeness (QED) is 0.0783. The molecule has 20 rings (SSSR count). The van der Waals surface area contributed by atoms with Crippen molar-refractivity contribution >= 4 is 110 Å². The Hall–Kier alpha value is -16.4. The van der Waals surface area contributed by atoms with Crippen LogP contribution in [0.2, 0.25) is 0 Å². The van der Waals surface area contributed by atoms with Crippen molar-refractivity contribution in [2.45, 2.75) is 0 Å². The van der Waals surface area contributed by atoms with E-state index in [4.69, 9.17) is 28.4 Å². The molecule has 20 aromatic rings. The predicted molar refractivity (Wildman–Crippen MR) is 488 cm³/mol. The van der Waals surface area contributed by atoms with Crippen molar-refractivity contribution in [2.75, 3.05) is 14.2 Å². The lowest BCUT2D eigenvalue weighted by Crippen LogP contribution is -2.03. The third kappa shape index (κ3) is 14.3. The van der Waals surface area contributed by atoms with Gasteiger partial charge in [0.1, 0.15) is 46.0 Å². The summed E-state index contributed by atoms with van der Waals surface area (Å²) in [7, 11) is 2.77. The van der Waals surface area contributed by atoms with E-state index in [2.05, 4.69) is 97.1 Å². The van der Waals surface area contributed by atoms with Crippen LogP contribution in [-0.4, -0.2) is 48.3 Å². The summed E-state index contributed by atoms with van der Waals surface area (Å²) in [5.74, 6) is 1.39. The van der Waals surface area contributed by atoms with Crippen molar-refractivity contribution in [1.29, 1.82) is 0 Å². The lowest BCUT2D eigenvalue weighted by atomic mass is 9.92. The number of carboxylic acid groups (broad SMARTS) is 2. The number of hydrogen-bond acceptors (Lipinski definition) is 10. The van der Waals surface area contributed by atoms with Crippen LogP contribution in [0, 0.1) is 0 Å². The lowest BCUT2D eigenvalue weighted by Gasteiger charge is -2.22. The Morgan fingerprint density at radius 3 is 0.607 bits per heavy atom. The number of ether oxygens (including phenoxy) is 6. The fourth-order valence-corrected chi connectivity index (χ4v) is 16.8. The highest BCUT2D eigenvalue weighted by molar-refractivity contribution is 6.13. The van der Waals surface area contributed by atoms with Crippen molar-refractivity contribution < 1.29 is 57.8 Å². The van der Waals surface area contributed by atoms with Crippen LogP contribution in [0.25, 0.3) is 153 Å². The number of rotatable bonds is 18. The molecule has 0 bridgehead atoms. The molecule has 0 radical (unpaired) electrons. The van der Waals surface area contributed by atoms with Gasteiger partial charge < -0.3 is 38.6 Å². The van der Waals surface area contributed by atoms with E-state index in [9.17, 15) is 29.4 Å². The van der Waals surface area contributed by atoms with Gasteiger partial charge in [0.25, 0.3) is 0 Å². The zero-order valence-electron chi connectivity index (χ0n) is 65.9. The summed E-state index contributed by atoms with van der Waals surface area (Å²) < 4.78 is 38.8. The first-order valence-corrected chi connectivity index (χ1v) is 39.8. The van der Waals surface area contributed by atoms with Crippen LogP contribution in [0.15, 0.2) is 388 Å². The molecule has 0 fully saturated rings. The maximum absolute atomic E-state index is 13.0. The first kappa shape index (κ1) is 75.6. The molecule has 0 saturated heterocycles. The largest absolute Gasteiger partial charge is 0.478 e. The summed E-state index contributed by atoms with van der Waals surface area (Å²) in [6.07, 6.45) is 0. The second-order valence-corrected chi connectivity index (χ2v) is 29.6. The number of fused-ring (bicyclic) bond motifs is 8. The van der Waals surface area contributed by atoms with E-state index in [0.717, 1.165) is 142 Å². The SMILES string of the molecule is COC(=O)c1ccc(Oc2ccc3ccccc3c2-c2c(Oc3ccc(C(=O)OC)cc3-c3cccc4ccccc34)ccc3ccccc23)c(-c2cccc3ccccc23)c1.O=C(O)c1ccc(Oc2ccc3ccccc3c2-c2c(Oc3ccc(C(=O)O)cc3-c3cccc4ccccc34)ccc3ccccc23)c(-c2cccc3ccccc23)c1. The van der Waals surface area contributed by atoms with Gasteiger partial charge in [0.05, 0.1) is 36.5 Å². The maximum Gasteiger partial charge on any atom is 0.337 e. The molecule has 0 aliphatic carbocycles. The van der Waals surface area contributed by atoms with E-state index in [0.29, 0.717) is 68.2 Å². The van der Waals surface area contributed by atoms with Crippen LogP contribution in [0.4, 0.5) is 0 Å². The standard InChI is InChI=1S/C56H38O6.C54H34O6/c1-59-55(57)39-27-29-49(47(33-39)45-23-11-17-35-13-3-7-19-41(35)45)61-51-31-25-37-15-5-9-21-43(37)53(51)54-44-22-10-6-16-38(44)26-32-52(54)62-50-30-28-40(56(58)60-2)34-48(50)46-24-12-18-36-14-4-8-20-42(36)46;55-53(56)37-25-27-47(45(31-37)43-21-9-15-33-11-1-5-17-39(33)43)59-49-29-23-35-13-3-7-19-41(35)51(49)52-42-20-8-4-14-36(42)24-30-50(52)60-48-28-26-38(54(57)58)32-46(48)44-22-10-16-34-12-2-6-18-40(34)44/h3-34H,1-2H3;1-32H,(H,55,56)(H,57,58). The smallest absolute Gasteiger partial charge is 0.337 e. The summed E-state index contributed by atoms with van der Waals surface area (Å²) in [6.45, 7) is 0. The van der Waals surface area contributed by atoms with Crippen LogP contribution in [0.1, 0.15) is 41.4 Å². The minimum Gasteiger partial charge on any atom is -0.478 e. The average molecular weight is 1590 g/mol. The highest BCUT2D eigenvalue weighted by atomic mass is 16.5. The average Bonchev–Trinajstić information content (AvgIpc) is 0.746. The fourth-order valence-electron chi connectivity index (χ4n) is 16.8. The van der Waals surface area contributed by atoms with Gasteiger partial charge in [-0.05, 0) is 205 Å². The number of carbonyl (C=O) groups excluding carboxylic acids is 2. The number of aromatic carboxylic acids is 2. The van der Waals surface area contributed by atoms with Crippen LogP contribution < -0.4 is 18.9 Å². The van der Waals surface area contributed by atoms with Crippen molar-refractivity contribution in [3.8, 4) is 113 Å². The third-order valence-corrected chi connectivity index (χ3v) is 22.5. The first-order valence-electron chi connectivity index (χ1n) is 39.8. The predicted octanol–water partition coefficient (Wildman–Crippen LogP) is 28.7. The first-order chi connectivity index (χ1) is 59.9. The molecule has 0 spiro atoms. The van der Waals surface area contributed by atoms with E-state index in [-0.39, 0.29) is 11.1 Å². The molecular formula is C110H72O12. The van der Waals surface area contributed by atoms with Gasteiger partial charge in [0.2, 0.25) is 0 Å². The number of hydrogen-bond donors (Lipinski definition) is 2. The molecule has 2 N–H and O–H groups in total. The van der Waals surface area contributed by atoms with Gasteiger partial charge in [-0.15, -0.1) is 0 Å². The van der Waals surface area contributed by atoms with Gasteiger partial charge in [-0.25, -0.2) is 19.2 Å². The Balaban J connectivity index is 0.000000161. The molecule has 584 valence electrons. The highest BCUT2D eigenvalue weighted by Crippen LogP contribution is 2.54. The van der Waals surface area contributed by atoms with Crippen molar-refractivity contribution in [3.05, 3.63) is 411 Å². The third-order valence-electron chi connectivity index (χ3n) is 22.5. The zero-order valence-corrected chi connectivity index (χ0v) is 65.9. The molecule has 0 saturated carbocycles. The topological polar surface area (TPSA) is 164 Å². The summed E-state index contributed by atoms with van der Waals surface area (Å²) in [5, 5.41) is 36.1. The van der Waals surface area contributed by atoms with Gasteiger partial charge >= 0.3 is 23.9 Å². The Bertz CT molecular complexity index is 7160. The van der Waals surface area contributed by atoms with Crippen LogP contribution in [-0.2, 0) is 9.47 Å². The summed E-state index contributed by atoms with van der Waals surface area (Å²) in [5.41, 5.74) is 10.6. The second-order valence-electron chi connectivity index (χ2n) is 29.6. The van der Waals surface area contributed by atoms with Gasteiger partial charge in [-0.3, -0.25) is 0 Å². The molecule has 0 unspecified atom stereocenters. The number of esters is 2. The van der Waals surface area contributed by atoms with Crippen LogP contribution in [0.5, 0.6) is 46.0 Å². The van der Waals surface area contributed by atoms with E-state index in [1.807, 2.05) is 243 Å². The molecule has 20 aromatic carbocycles. The van der Waals surface area contributed by atoms with E-state index < -0.39 is 23.9 Å². The minimum atomic E-state index is -1.04. The monoisotopic (exact) mass is 1580 g/mol. The van der Waals surface area contributed by atoms with Crippen molar-refractivity contribution in [2.24, 2.45) is 0 Å². The Kier molecular flexibility index (Phi) is 20.2. The summed E-state index contributed by atoms with van der Waals surface area (Å²) in [4.78, 5) is 50.7. The normalized spacial score (nSPS) is 11.2. The molecule has 122 heavy (non-hydrogen) atoms. The fraction of sp³-hybridized carbons (Fsp3) is 0.0182. The van der Waals surface area contributed by atoms with Gasteiger partial charge in [-0.2, -0.15) is 0 Å². The zero-order chi connectivity index (χ0) is 82.9.